The van der Waals surface area contributed by atoms with Crippen molar-refractivity contribution in [1.82, 2.24) is 10.6 Å². The van der Waals surface area contributed by atoms with Gasteiger partial charge in [-0.15, -0.1) is 11.3 Å². The van der Waals surface area contributed by atoms with Gasteiger partial charge in [-0.25, -0.2) is 0 Å². The van der Waals surface area contributed by atoms with E-state index in [0.717, 1.165) is 10.6 Å². The van der Waals surface area contributed by atoms with E-state index < -0.39 is 11.8 Å². The smallest absolute Gasteiger partial charge is 0.268 e. The topological polar surface area (TPSA) is 85.9 Å². The zero-order valence-electron chi connectivity index (χ0n) is 18.7. The molecule has 1 heterocycles. The van der Waals surface area contributed by atoms with Gasteiger partial charge in [0, 0.05) is 10.4 Å². The molecule has 7 nitrogen and oxygen atoms in total. The minimum atomic E-state index is -0.406. The van der Waals surface area contributed by atoms with Crippen LogP contribution in [0.5, 0.6) is 17.2 Å². The maximum absolute atomic E-state index is 13.0. The Balaban J connectivity index is 1.65. The highest BCUT2D eigenvalue weighted by molar-refractivity contribution is 7.10. The lowest BCUT2D eigenvalue weighted by atomic mass is 10.2. The second-order valence-corrected chi connectivity index (χ2v) is 8.10. The fraction of sp³-hybridized carbons (Fsp3) is 0.200. The van der Waals surface area contributed by atoms with Crippen LogP contribution in [0.4, 0.5) is 0 Å². The van der Waals surface area contributed by atoms with E-state index in [4.69, 9.17) is 14.2 Å². The second-order valence-electron chi connectivity index (χ2n) is 7.12. The molecule has 2 aromatic carbocycles. The third kappa shape index (κ3) is 7.11. The normalized spacial score (nSPS) is 11.9. The van der Waals surface area contributed by atoms with Crippen LogP contribution in [-0.2, 0) is 4.79 Å². The second kappa shape index (κ2) is 11.7. The highest BCUT2D eigenvalue weighted by Crippen LogP contribution is 2.17. The first-order valence-electron chi connectivity index (χ1n) is 10.3. The largest absolute Gasteiger partial charge is 0.497 e. The molecule has 8 heteroatoms. The van der Waals surface area contributed by atoms with Gasteiger partial charge in [-0.2, -0.15) is 0 Å². The summed E-state index contributed by atoms with van der Waals surface area (Å²) in [5.74, 6) is 1.25. The molecule has 2 amide bonds. The molecule has 0 aliphatic carbocycles. The number of hydrogen-bond acceptors (Lipinski definition) is 6. The van der Waals surface area contributed by atoms with Crippen molar-refractivity contribution < 1.29 is 23.8 Å². The fourth-order valence-electron chi connectivity index (χ4n) is 2.85. The number of carbonyl (C=O) groups excluding carboxylic acids is 2. The molecule has 0 spiro atoms. The lowest BCUT2D eigenvalue weighted by Crippen LogP contribution is -2.41. The zero-order valence-corrected chi connectivity index (χ0v) is 19.5. The van der Waals surface area contributed by atoms with E-state index in [2.05, 4.69) is 10.6 Å². The summed E-state index contributed by atoms with van der Waals surface area (Å²) < 4.78 is 16.0. The number of methoxy groups -OCH3 is 2. The van der Waals surface area contributed by atoms with Crippen molar-refractivity contribution in [1.29, 1.82) is 0 Å². The van der Waals surface area contributed by atoms with E-state index in [1.54, 1.807) is 68.8 Å². The summed E-state index contributed by atoms with van der Waals surface area (Å²) in [6.45, 7) is 2.09. The summed E-state index contributed by atoms with van der Waals surface area (Å²) in [6.07, 6.45) is 1.65. The number of amides is 2. The molecular weight excluding hydrogens is 440 g/mol. The van der Waals surface area contributed by atoms with Crippen molar-refractivity contribution in [2.75, 3.05) is 20.8 Å². The van der Waals surface area contributed by atoms with Crippen molar-refractivity contribution in [3.63, 3.8) is 0 Å². The van der Waals surface area contributed by atoms with Crippen LogP contribution in [0.1, 0.15) is 22.2 Å². The molecule has 0 saturated carbocycles. The van der Waals surface area contributed by atoms with E-state index >= 15 is 0 Å². The Labute approximate surface area is 197 Å². The van der Waals surface area contributed by atoms with Crippen LogP contribution in [-0.4, -0.2) is 38.7 Å². The minimum absolute atomic E-state index is 0.148. The predicted octanol–water partition coefficient (Wildman–Crippen LogP) is 4.12. The van der Waals surface area contributed by atoms with Gasteiger partial charge in [-0.1, -0.05) is 6.07 Å². The summed E-state index contributed by atoms with van der Waals surface area (Å²) in [7, 11) is 3.16. The van der Waals surface area contributed by atoms with Gasteiger partial charge in [0.1, 0.15) is 29.6 Å². The molecule has 1 atom stereocenters. The van der Waals surface area contributed by atoms with Gasteiger partial charge in [-0.05, 0) is 73.0 Å². The Kier molecular flexibility index (Phi) is 8.49. The average Bonchev–Trinajstić information content (AvgIpc) is 3.35. The van der Waals surface area contributed by atoms with Crippen molar-refractivity contribution in [3.05, 3.63) is 82.2 Å². The Bertz CT molecular complexity index is 1080. The Morgan fingerprint density at radius 3 is 2.12 bits per heavy atom. The van der Waals surface area contributed by atoms with Crippen LogP contribution in [0, 0.1) is 0 Å². The average molecular weight is 467 g/mol. The summed E-state index contributed by atoms with van der Waals surface area (Å²) in [5, 5.41) is 7.50. The number of carbonyl (C=O) groups is 2. The molecule has 1 aromatic heterocycles. The van der Waals surface area contributed by atoms with Crippen LogP contribution in [0.3, 0.4) is 0 Å². The number of hydrogen-bond donors (Lipinski definition) is 2. The molecule has 0 saturated heterocycles. The zero-order chi connectivity index (χ0) is 23.6. The number of nitrogens with one attached hydrogen (secondary N) is 2. The van der Waals surface area contributed by atoms with E-state index in [9.17, 15) is 9.59 Å². The van der Waals surface area contributed by atoms with Gasteiger partial charge in [0.25, 0.3) is 11.8 Å². The molecule has 0 aliphatic rings. The Morgan fingerprint density at radius 2 is 1.55 bits per heavy atom. The molecular formula is C25H26N2O5S. The molecule has 3 aromatic rings. The maximum Gasteiger partial charge on any atom is 0.268 e. The number of thiophene rings is 1. The number of rotatable bonds is 10. The predicted molar refractivity (Wildman–Crippen MR) is 129 cm³/mol. The number of benzene rings is 2. The first-order chi connectivity index (χ1) is 16.0. The standard InChI is InChI=1S/C25H26N2O5S/c1-17(16-32-21-12-10-20(31-3)11-13-21)26-25(29)23(15-22-5-4-14-33-22)27-24(28)18-6-8-19(30-2)9-7-18/h4-15,17H,16H2,1-3H3,(H,26,29)(H,27,28)/b23-15-/t17-/m1/s1. The first-order valence-corrected chi connectivity index (χ1v) is 11.1. The molecule has 0 aliphatic heterocycles. The SMILES string of the molecule is COc1ccc(OC[C@@H](C)NC(=O)/C(=C/c2cccs2)NC(=O)c2ccc(OC)cc2)cc1. The van der Waals surface area contributed by atoms with E-state index in [1.807, 2.05) is 24.4 Å². The van der Waals surface area contributed by atoms with Gasteiger partial charge in [-0.3, -0.25) is 9.59 Å². The fourth-order valence-corrected chi connectivity index (χ4v) is 3.50. The summed E-state index contributed by atoms with van der Waals surface area (Å²) in [4.78, 5) is 26.5. The quantitative estimate of drug-likeness (QED) is 0.439. The molecule has 0 bridgehead atoms. The van der Waals surface area contributed by atoms with Gasteiger partial charge in [0.2, 0.25) is 0 Å². The molecule has 3 rings (SSSR count). The Morgan fingerprint density at radius 1 is 0.939 bits per heavy atom. The van der Waals surface area contributed by atoms with Crippen molar-refractivity contribution in [2.24, 2.45) is 0 Å². The van der Waals surface area contributed by atoms with Gasteiger partial charge in [0.05, 0.1) is 20.3 Å². The highest BCUT2D eigenvalue weighted by Gasteiger charge is 2.17. The number of ether oxygens (including phenoxy) is 3. The molecule has 2 N–H and O–H groups in total. The minimum Gasteiger partial charge on any atom is -0.497 e. The van der Waals surface area contributed by atoms with E-state index in [0.29, 0.717) is 17.1 Å². The summed E-state index contributed by atoms with van der Waals surface area (Å²) >= 11 is 1.47. The third-order valence-electron chi connectivity index (χ3n) is 4.61. The molecule has 0 radical (unpaired) electrons. The molecule has 0 fully saturated rings. The van der Waals surface area contributed by atoms with Gasteiger partial charge >= 0.3 is 0 Å². The van der Waals surface area contributed by atoms with Gasteiger partial charge in [0.15, 0.2) is 0 Å². The van der Waals surface area contributed by atoms with Crippen LogP contribution in [0.2, 0.25) is 0 Å². The van der Waals surface area contributed by atoms with Crippen LogP contribution < -0.4 is 24.8 Å². The third-order valence-corrected chi connectivity index (χ3v) is 5.43. The van der Waals surface area contributed by atoms with Crippen LogP contribution >= 0.6 is 11.3 Å². The lowest BCUT2D eigenvalue weighted by molar-refractivity contribution is -0.118. The molecule has 0 unspecified atom stereocenters. The summed E-state index contributed by atoms with van der Waals surface area (Å²) in [5.41, 5.74) is 0.561. The maximum atomic E-state index is 13.0. The summed E-state index contributed by atoms with van der Waals surface area (Å²) in [6, 6.07) is 17.3. The monoisotopic (exact) mass is 466 g/mol. The van der Waals surface area contributed by atoms with Crippen molar-refractivity contribution >= 4 is 29.2 Å². The van der Waals surface area contributed by atoms with Crippen molar-refractivity contribution in [3.8, 4) is 17.2 Å². The highest BCUT2D eigenvalue weighted by atomic mass is 32.1. The van der Waals surface area contributed by atoms with Gasteiger partial charge < -0.3 is 24.8 Å². The van der Waals surface area contributed by atoms with E-state index in [1.165, 1.54) is 11.3 Å². The van der Waals surface area contributed by atoms with E-state index in [-0.39, 0.29) is 18.3 Å². The molecule has 172 valence electrons. The van der Waals surface area contributed by atoms with Crippen LogP contribution in [0.25, 0.3) is 6.08 Å². The first kappa shape index (κ1) is 23.9. The lowest BCUT2D eigenvalue weighted by Gasteiger charge is -2.17. The molecule has 33 heavy (non-hydrogen) atoms. The van der Waals surface area contributed by atoms with Crippen LogP contribution in [0.15, 0.2) is 71.7 Å². The Hall–Kier alpha value is -3.78. The van der Waals surface area contributed by atoms with Crippen molar-refractivity contribution in [2.45, 2.75) is 13.0 Å².